The fourth-order valence-corrected chi connectivity index (χ4v) is 1.62. The molecule has 0 aliphatic heterocycles. The van der Waals surface area contributed by atoms with Crippen molar-refractivity contribution in [2.75, 3.05) is 13.7 Å². The van der Waals surface area contributed by atoms with Crippen molar-refractivity contribution in [3.05, 3.63) is 23.3 Å². The Kier molecular flexibility index (Phi) is 5.72. The Morgan fingerprint density at radius 1 is 1.40 bits per heavy atom. The van der Waals surface area contributed by atoms with Crippen LogP contribution in [-0.2, 0) is 16.0 Å². The molecule has 0 radical (unpaired) electrons. The number of hydrogen-bond acceptors (Lipinski definition) is 5. The zero-order chi connectivity index (χ0) is 15.1. The first kappa shape index (κ1) is 15.7. The van der Waals surface area contributed by atoms with Gasteiger partial charge in [0, 0.05) is 5.56 Å². The number of alkyl halides is 2. The predicted octanol–water partition coefficient (Wildman–Crippen LogP) is 2.27. The van der Waals surface area contributed by atoms with E-state index in [1.54, 1.807) is 13.0 Å². The molecule has 0 aliphatic rings. The standard InChI is InChI=1S/C13H13F2NO4/c1-3-19-10(17)6-8-4-5-9(7-16)11(18-2)12(8)20-13(14)15/h4-5,13H,3,6H2,1-2H3. The third-order valence-electron chi connectivity index (χ3n) is 2.37. The molecular weight excluding hydrogens is 272 g/mol. The van der Waals surface area contributed by atoms with Crippen molar-refractivity contribution in [3.8, 4) is 17.6 Å². The molecule has 1 rings (SSSR count). The second-order valence-corrected chi connectivity index (χ2v) is 3.61. The van der Waals surface area contributed by atoms with E-state index in [2.05, 4.69) is 4.74 Å². The van der Waals surface area contributed by atoms with Crippen molar-refractivity contribution >= 4 is 5.97 Å². The Morgan fingerprint density at radius 3 is 2.60 bits per heavy atom. The number of carbonyl (C=O) groups is 1. The molecule has 0 aliphatic carbocycles. The van der Waals surface area contributed by atoms with Crippen LogP contribution in [0.4, 0.5) is 8.78 Å². The Hall–Kier alpha value is -2.36. The van der Waals surface area contributed by atoms with Gasteiger partial charge < -0.3 is 14.2 Å². The van der Waals surface area contributed by atoms with Crippen molar-refractivity contribution in [2.24, 2.45) is 0 Å². The fraction of sp³-hybridized carbons (Fsp3) is 0.385. The van der Waals surface area contributed by atoms with Crippen molar-refractivity contribution in [1.29, 1.82) is 5.26 Å². The van der Waals surface area contributed by atoms with Crippen LogP contribution in [0.1, 0.15) is 18.1 Å². The van der Waals surface area contributed by atoms with Crippen LogP contribution in [0.25, 0.3) is 0 Å². The van der Waals surface area contributed by atoms with Gasteiger partial charge in [-0.05, 0) is 13.0 Å². The van der Waals surface area contributed by atoms with Crippen LogP contribution in [0, 0.1) is 11.3 Å². The predicted molar refractivity (Wildman–Crippen MR) is 64.7 cm³/mol. The monoisotopic (exact) mass is 285 g/mol. The van der Waals surface area contributed by atoms with Crippen molar-refractivity contribution < 1.29 is 27.8 Å². The number of nitrogens with zero attached hydrogens (tertiary/aromatic N) is 1. The van der Waals surface area contributed by atoms with E-state index < -0.39 is 12.6 Å². The molecule has 0 bridgehead atoms. The summed E-state index contributed by atoms with van der Waals surface area (Å²) in [5.74, 6) is -1.04. The molecule has 0 aromatic heterocycles. The summed E-state index contributed by atoms with van der Waals surface area (Å²) in [6.45, 7) is -1.29. The van der Waals surface area contributed by atoms with Crippen molar-refractivity contribution in [2.45, 2.75) is 20.0 Å². The molecule has 0 heterocycles. The first-order valence-electron chi connectivity index (χ1n) is 5.73. The number of hydrogen-bond donors (Lipinski definition) is 0. The molecule has 1 aromatic rings. The molecule has 0 saturated carbocycles. The number of carbonyl (C=O) groups excluding carboxylic acids is 1. The highest BCUT2D eigenvalue weighted by Gasteiger charge is 2.21. The lowest BCUT2D eigenvalue weighted by Gasteiger charge is -2.15. The largest absolute Gasteiger partial charge is 0.492 e. The first-order valence-corrected chi connectivity index (χ1v) is 5.73. The van der Waals surface area contributed by atoms with Gasteiger partial charge in [-0.2, -0.15) is 14.0 Å². The Labute approximate surface area is 114 Å². The summed E-state index contributed by atoms with van der Waals surface area (Å²) in [6, 6.07) is 4.52. The summed E-state index contributed by atoms with van der Waals surface area (Å²) >= 11 is 0. The smallest absolute Gasteiger partial charge is 0.387 e. The molecule has 0 saturated heterocycles. The average Bonchev–Trinajstić information content (AvgIpc) is 2.40. The molecule has 0 unspecified atom stereocenters. The highest BCUT2D eigenvalue weighted by atomic mass is 19.3. The number of methoxy groups -OCH3 is 1. The van der Waals surface area contributed by atoms with Gasteiger partial charge in [0.25, 0.3) is 0 Å². The Balaban J connectivity index is 3.22. The third-order valence-corrected chi connectivity index (χ3v) is 2.37. The van der Waals surface area contributed by atoms with E-state index >= 15 is 0 Å². The Morgan fingerprint density at radius 2 is 2.10 bits per heavy atom. The second kappa shape index (κ2) is 7.28. The van der Waals surface area contributed by atoms with Crippen LogP contribution in [0.2, 0.25) is 0 Å². The zero-order valence-electron chi connectivity index (χ0n) is 11.0. The van der Waals surface area contributed by atoms with Crippen LogP contribution in [0.15, 0.2) is 12.1 Å². The summed E-state index contributed by atoms with van der Waals surface area (Å²) in [4.78, 5) is 11.4. The minimum atomic E-state index is -3.10. The lowest BCUT2D eigenvalue weighted by molar-refractivity contribution is -0.142. The van der Waals surface area contributed by atoms with Crippen LogP contribution in [0.3, 0.4) is 0 Å². The SMILES string of the molecule is CCOC(=O)Cc1ccc(C#N)c(OC)c1OC(F)F. The number of nitriles is 1. The minimum absolute atomic E-state index is 0.0377. The maximum absolute atomic E-state index is 12.5. The quantitative estimate of drug-likeness (QED) is 0.750. The van der Waals surface area contributed by atoms with E-state index in [0.717, 1.165) is 0 Å². The molecule has 0 atom stereocenters. The van der Waals surface area contributed by atoms with E-state index in [0.29, 0.717) is 0 Å². The highest BCUT2D eigenvalue weighted by molar-refractivity contribution is 5.75. The second-order valence-electron chi connectivity index (χ2n) is 3.61. The van der Waals surface area contributed by atoms with E-state index in [1.165, 1.54) is 19.2 Å². The lowest BCUT2D eigenvalue weighted by Crippen LogP contribution is -2.12. The molecule has 5 nitrogen and oxygen atoms in total. The molecular formula is C13H13F2NO4. The summed E-state index contributed by atoms with van der Waals surface area (Å²) in [6.07, 6.45) is -0.252. The normalized spacial score (nSPS) is 10.0. The minimum Gasteiger partial charge on any atom is -0.492 e. The van der Waals surface area contributed by atoms with Crippen LogP contribution < -0.4 is 9.47 Å². The van der Waals surface area contributed by atoms with Gasteiger partial charge in [-0.15, -0.1) is 0 Å². The summed E-state index contributed by atoms with van der Waals surface area (Å²) < 4.78 is 39.0. The molecule has 0 fully saturated rings. The van der Waals surface area contributed by atoms with Crippen molar-refractivity contribution in [3.63, 3.8) is 0 Å². The fourth-order valence-electron chi connectivity index (χ4n) is 1.62. The molecule has 1 aromatic carbocycles. The summed E-state index contributed by atoms with van der Waals surface area (Å²) in [5, 5.41) is 8.90. The maximum Gasteiger partial charge on any atom is 0.387 e. The van der Waals surface area contributed by atoms with Gasteiger partial charge in [-0.1, -0.05) is 6.07 Å². The molecule has 0 amide bonds. The topological polar surface area (TPSA) is 68.6 Å². The van der Waals surface area contributed by atoms with Crippen molar-refractivity contribution in [1.82, 2.24) is 0 Å². The maximum atomic E-state index is 12.5. The molecule has 20 heavy (non-hydrogen) atoms. The van der Waals surface area contributed by atoms with E-state index in [9.17, 15) is 13.6 Å². The van der Waals surface area contributed by atoms with Gasteiger partial charge in [0.05, 0.1) is 25.7 Å². The van der Waals surface area contributed by atoms with Crippen LogP contribution in [0.5, 0.6) is 11.5 Å². The zero-order valence-corrected chi connectivity index (χ0v) is 11.0. The molecule has 108 valence electrons. The van der Waals surface area contributed by atoms with Crippen LogP contribution in [-0.4, -0.2) is 26.3 Å². The third kappa shape index (κ3) is 3.82. The number of benzene rings is 1. The number of rotatable bonds is 6. The summed E-state index contributed by atoms with van der Waals surface area (Å²) in [5.41, 5.74) is 0.204. The van der Waals surface area contributed by atoms with E-state index in [1.807, 2.05) is 0 Å². The van der Waals surface area contributed by atoms with Crippen LogP contribution >= 0.6 is 0 Å². The average molecular weight is 285 g/mol. The van der Waals surface area contributed by atoms with E-state index in [-0.39, 0.29) is 35.7 Å². The first-order chi connectivity index (χ1) is 9.53. The molecule has 7 heteroatoms. The molecule has 0 N–H and O–H groups in total. The van der Waals surface area contributed by atoms with Gasteiger partial charge in [-0.25, -0.2) is 0 Å². The number of esters is 1. The lowest BCUT2D eigenvalue weighted by atomic mass is 10.1. The Bertz CT molecular complexity index is 526. The van der Waals surface area contributed by atoms with Gasteiger partial charge in [0.15, 0.2) is 11.5 Å². The van der Waals surface area contributed by atoms with Gasteiger partial charge >= 0.3 is 12.6 Å². The van der Waals surface area contributed by atoms with Gasteiger partial charge in [0.1, 0.15) is 6.07 Å². The number of ether oxygens (including phenoxy) is 3. The molecule has 0 spiro atoms. The van der Waals surface area contributed by atoms with Gasteiger partial charge in [0.2, 0.25) is 0 Å². The highest BCUT2D eigenvalue weighted by Crippen LogP contribution is 2.36. The van der Waals surface area contributed by atoms with E-state index in [4.69, 9.17) is 14.7 Å². The summed E-state index contributed by atoms with van der Waals surface area (Å²) in [7, 11) is 1.22. The number of halogens is 2. The van der Waals surface area contributed by atoms with Gasteiger partial charge in [-0.3, -0.25) is 4.79 Å².